The second-order valence-corrected chi connectivity index (χ2v) is 8.53. The number of nitrogens with zero attached hydrogens (tertiary/aromatic N) is 1. The van der Waals surface area contributed by atoms with Crippen LogP contribution in [-0.2, 0) is 24.8 Å². The zero-order valence-electron chi connectivity index (χ0n) is 13.4. The van der Waals surface area contributed by atoms with Crippen molar-refractivity contribution < 1.29 is 0 Å². The van der Waals surface area contributed by atoms with E-state index in [1.807, 2.05) is 11.8 Å². The summed E-state index contributed by atoms with van der Waals surface area (Å²) in [6.45, 7) is 5.75. The van der Waals surface area contributed by atoms with Gasteiger partial charge in [0.05, 0.1) is 0 Å². The monoisotopic (exact) mass is 352 g/mol. The van der Waals surface area contributed by atoms with Crippen LogP contribution in [0.2, 0.25) is 5.28 Å². The van der Waals surface area contributed by atoms with Crippen LogP contribution in [0.3, 0.4) is 0 Å². The molecule has 0 atom stereocenters. The van der Waals surface area contributed by atoms with Gasteiger partial charge in [-0.05, 0) is 0 Å². The number of hydrogen-bond acceptors (Lipinski definition) is 2. The number of thiol groups is 1. The molecule has 1 radical (unpaired) electrons. The quantitative estimate of drug-likeness (QED) is 0.365. The van der Waals surface area contributed by atoms with E-state index in [9.17, 15) is 0 Å². The van der Waals surface area contributed by atoms with Crippen molar-refractivity contribution in [1.82, 2.24) is 4.57 Å². The zero-order valence-corrected chi connectivity index (χ0v) is 16.3. The molecule has 0 unspecified atom stereocenters. The van der Waals surface area contributed by atoms with Gasteiger partial charge in [0.2, 0.25) is 0 Å². The van der Waals surface area contributed by atoms with Gasteiger partial charge in [0.15, 0.2) is 0 Å². The van der Waals surface area contributed by atoms with Crippen molar-refractivity contribution in [3.05, 3.63) is 54.2 Å². The summed E-state index contributed by atoms with van der Waals surface area (Å²) in [5.74, 6) is 0. The van der Waals surface area contributed by atoms with Crippen molar-refractivity contribution in [3.63, 3.8) is 0 Å². The molecule has 0 aliphatic carbocycles. The maximum Gasteiger partial charge on any atom is -0.813 e. The molecule has 0 N–H and O–H groups in total. The van der Waals surface area contributed by atoms with Crippen LogP contribution in [0, 0.1) is 0 Å². The van der Waals surface area contributed by atoms with Gasteiger partial charge in [-0.3, -0.25) is 0 Å². The second-order valence-electron chi connectivity index (χ2n) is 6.29. The molecule has 2 aromatic carbocycles. The molecule has 2 heterocycles. The van der Waals surface area contributed by atoms with Crippen LogP contribution in [0.1, 0.15) is 19.5 Å². The molecule has 4 heteroatoms. The van der Waals surface area contributed by atoms with Gasteiger partial charge < -0.3 is 13.5 Å². The summed E-state index contributed by atoms with van der Waals surface area (Å²) < 4.78 is 2.61. The molecule has 3 aromatic rings. The molecule has 0 fully saturated rings. The van der Waals surface area contributed by atoms with Gasteiger partial charge in [0.1, 0.15) is 0 Å². The van der Waals surface area contributed by atoms with Crippen LogP contribution in [0.4, 0.5) is 0 Å². The Morgan fingerprint density at radius 3 is 2.52 bits per heavy atom. The minimum absolute atomic E-state index is 0. The standard InChI is InChI=1S/C19H18NS.Al.H2S/c1-4-20-15-11-7-5-9-13(15)17-14-10-6-8-12-16(14)21-19(2,3)18(17)20;;/h5-12H,1,4H2,2-3H3;;1H2/q;+1;/p-1. The first-order chi connectivity index (χ1) is 10.6. The van der Waals surface area contributed by atoms with E-state index in [0.717, 1.165) is 11.8 Å². The van der Waals surface area contributed by atoms with Crippen LogP contribution in [0.5, 0.6) is 0 Å². The van der Waals surface area contributed by atoms with Crippen LogP contribution < -0.4 is 0 Å². The maximum absolute atomic E-state index is 2.87. The van der Waals surface area contributed by atoms with Gasteiger partial charge in [-0.2, -0.15) is 0 Å². The fourth-order valence-electron chi connectivity index (χ4n) is 3.65. The fraction of sp³-hybridized carbons (Fsp3) is 0.263. The number of para-hydroxylation sites is 1. The molecule has 115 valence electrons. The number of hydrogen-bond donors (Lipinski definition) is 0. The van der Waals surface area contributed by atoms with E-state index < -0.39 is 0 Å². The third kappa shape index (κ3) is 2.57. The molecule has 0 amide bonds. The van der Waals surface area contributed by atoms with Crippen molar-refractivity contribution in [2.45, 2.75) is 35.3 Å². The Kier molecular flexibility index (Phi) is 4.64. The smallest absolute Gasteiger partial charge is 0.813 e. The Morgan fingerprint density at radius 2 is 1.74 bits per heavy atom. The topological polar surface area (TPSA) is 4.93 Å². The summed E-state index contributed by atoms with van der Waals surface area (Å²) in [5.41, 5.74) is 5.66. The predicted octanol–water partition coefficient (Wildman–Crippen LogP) is 4.97. The van der Waals surface area contributed by atoms with E-state index in [-0.39, 0.29) is 18.2 Å². The van der Waals surface area contributed by atoms with E-state index in [2.05, 4.69) is 83.2 Å². The Labute approximate surface area is 157 Å². The van der Waals surface area contributed by atoms with Crippen LogP contribution >= 0.6 is 11.8 Å². The van der Waals surface area contributed by atoms with Gasteiger partial charge in [0.25, 0.3) is 0 Å². The molecule has 0 saturated carbocycles. The first-order valence-corrected chi connectivity index (χ1v) is 9.37. The Balaban J connectivity index is 0.00000156. The molecule has 1 nitrogen and oxygen atoms in total. The molecule has 0 spiro atoms. The van der Waals surface area contributed by atoms with Crippen molar-refractivity contribution in [1.29, 1.82) is 0 Å². The minimum atomic E-state index is 0. The number of benzene rings is 2. The van der Waals surface area contributed by atoms with Crippen molar-refractivity contribution >= 4 is 52.5 Å². The number of fused-ring (bicyclic) bond motifs is 5. The maximum atomic E-state index is 2.87. The summed E-state index contributed by atoms with van der Waals surface area (Å²) in [6.07, 6.45) is 0. The van der Waals surface area contributed by atoms with E-state index in [1.165, 1.54) is 32.6 Å². The first kappa shape index (κ1) is 17.0. The molecule has 0 bridgehead atoms. The van der Waals surface area contributed by atoms with Crippen molar-refractivity contribution in [3.8, 4) is 11.1 Å². The number of thioether (sulfide) groups is 1. The summed E-state index contributed by atoms with van der Waals surface area (Å²) in [5, 5.41) is 2.46. The average Bonchev–Trinajstić information content (AvgIpc) is 2.84. The summed E-state index contributed by atoms with van der Waals surface area (Å²) >= 11 is 4.85. The Morgan fingerprint density at radius 1 is 1.04 bits per heavy atom. The SMILES string of the molecule is CC1(C)Sc2ccccc2-c2c1n(C[CH2][Al+])c1ccccc21.[SH-]. The third-order valence-electron chi connectivity index (χ3n) is 4.42. The van der Waals surface area contributed by atoms with Gasteiger partial charge >= 0.3 is 144 Å². The molecule has 0 saturated heterocycles. The molecule has 23 heavy (non-hydrogen) atoms. The Hall–Kier alpha value is -0.788. The van der Waals surface area contributed by atoms with Crippen LogP contribution in [0.15, 0.2) is 53.4 Å². The van der Waals surface area contributed by atoms with Crippen molar-refractivity contribution in [2.75, 3.05) is 0 Å². The average molecular weight is 352 g/mol. The zero-order chi connectivity index (χ0) is 15.3. The summed E-state index contributed by atoms with van der Waals surface area (Å²) in [6, 6.07) is 17.7. The van der Waals surface area contributed by atoms with Crippen molar-refractivity contribution in [2.24, 2.45) is 0 Å². The second kappa shape index (κ2) is 6.26. The summed E-state index contributed by atoms with van der Waals surface area (Å²) in [4.78, 5) is 1.40. The third-order valence-corrected chi connectivity index (χ3v) is 5.95. The molecular formula is C19H19AlNS2. The van der Waals surface area contributed by atoms with Gasteiger partial charge in [-0.1, -0.05) is 0 Å². The number of aromatic nitrogens is 1. The molecule has 4 rings (SSSR count). The number of aryl methyl sites for hydroxylation is 1. The largest absolute Gasteiger partial charge is 0.813 e. The molecule has 1 aliphatic rings. The van der Waals surface area contributed by atoms with Gasteiger partial charge in [-0.15, -0.1) is 0 Å². The normalized spacial score (nSPS) is 14.8. The molecule has 1 aromatic heterocycles. The van der Waals surface area contributed by atoms with E-state index in [1.54, 1.807) is 0 Å². The van der Waals surface area contributed by atoms with E-state index in [0.29, 0.717) is 0 Å². The Bertz CT molecular complexity index is 867. The van der Waals surface area contributed by atoms with Crippen LogP contribution in [0.25, 0.3) is 22.0 Å². The van der Waals surface area contributed by atoms with Gasteiger partial charge in [-0.25, -0.2) is 0 Å². The van der Waals surface area contributed by atoms with Crippen LogP contribution in [-0.4, -0.2) is 20.9 Å². The molecule has 1 aliphatic heterocycles. The first-order valence-electron chi connectivity index (χ1n) is 7.73. The van der Waals surface area contributed by atoms with E-state index >= 15 is 0 Å². The minimum Gasteiger partial charge on any atom is -0.813 e. The summed E-state index contributed by atoms with van der Waals surface area (Å²) in [7, 11) is 0. The van der Waals surface area contributed by atoms with Gasteiger partial charge in [0, 0.05) is 0 Å². The number of rotatable bonds is 2. The predicted molar refractivity (Wildman–Crippen MR) is 106 cm³/mol. The fourth-order valence-corrected chi connectivity index (χ4v) is 5.19. The molecular weight excluding hydrogens is 333 g/mol. The van der Waals surface area contributed by atoms with E-state index in [4.69, 9.17) is 0 Å².